The van der Waals surface area contributed by atoms with Gasteiger partial charge in [0.2, 0.25) is 0 Å². The molecule has 0 aliphatic heterocycles. The molecule has 0 fully saturated rings. The molecule has 2 nitrogen and oxygen atoms in total. The summed E-state index contributed by atoms with van der Waals surface area (Å²) < 4.78 is 1.77. The van der Waals surface area contributed by atoms with E-state index < -0.39 is 0 Å². The summed E-state index contributed by atoms with van der Waals surface area (Å²) in [6.07, 6.45) is 3.50. The van der Waals surface area contributed by atoms with E-state index in [-0.39, 0.29) is 11.5 Å². The van der Waals surface area contributed by atoms with Gasteiger partial charge >= 0.3 is 0 Å². The van der Waals surface area contributed by atoms with Crippen LogP contribution in [0.1, 0.15) is 11.1 Å². The summed E-state index contributed by atoms with van der Waals surface area (Å²) in [5.74, 6) is 0.396. The average Bonchev–Trinajstić information content (AvgIpc) is 2.34. The maximum Gasteiger partial charge on any atom is 0.122 e. The summed E-state index contributed by atoms with van der Waals surface area (Å²) in [6.45, 7) is 0. The first-order chi connectivity index (χ1) is 8.56. The minimum Gasteiger partial charge on any atom is -0.507 e. The molecule has 0 atom stereocenters. The van der Waals surface area contributed by atoms with E-state index in [4.69, 9.17) is 0 Å². The first-order valence-electron chi connectivity index (χ1n) is 5.21. The van der Waals surface area contributed by atoms with Gasteiger partial charge < -0.3 is 10.2 Å². The van der Waals surface area contributed by atoms with E-state index in [2.05, 4.69) is 31.9 Å². The zero-order valence-electron chi connectivity index (χ0n) is 9.27. The van der Waals surface area contributed by atoms with Crippen molar-refractivity contribution < 1.29 is 10.2 Å². The minimum atomic E-state index is 0.198. The highest BCUT2D eigenvalue weighted by molar-refractivity contribution is 9.10. The molecule has 0 aliphatic rings. The smallest absolute Gasteiger partial charge is 0.122 e. The number of aromatic hydroxyl groups is 2. The summed E-state index contributed by atoms with van der Waals surface area (Å²) >= 11 is 6.69. The van der Waals surface area contributed by atoms with Gasteiger partial charge in [-0.25, -0.2) is 0 Å². The van der Waals surface area contributed by atoms with Gasteiger partial charge in [-0.3, -0.25) is 0 Å². The molecule has 4 heteroatoms. The lowest BCUT2D eigenvalue weighted by atomic mass is 10.1. The Morgan fingerprint density at radius 2 is 1.11 bits per heavy atom. The molecule has 2 aromatic carbocycles. The van der Waals surface area contributed by atoms with Crippen molar-refractivity contribution in [3.05, 3.63) is 56.5 Å². The van der Waals surface area contributed by atoms with Gasteiger partial charge in [-0.15, -0.1) is 0 Å². The predicted molar refractivity (Wildman–Crippen MR) is 80.5 cm³/mol. The van der Waals surface area contributed by atoms with Crippen LogP contribution in [0.5, 0.6) is 11.5 Å². The lowest BCUT2D eigenvalue weighted by Crippen LogP contribution is -1.77. The molecule has 0 aliphatic carbocycles. The topological polar surface area (TPSA) is 40.5 Å². The van der Waals surface area contributed by atoms with Crippen LogP contribution in [0.2, 0.25) is 0 Å². The van der Waals surface area contributed by atoms with Crippen molar-refractivity contribution in [3.63, 3.8) is 0 Å². The highest BCUT2D eigenvalue weighted by Gasteiger charge is 2.00. The van der Waals surface area contributed by atoms with Crippen LogP contribution in [0, 0.1) is 0 Å². The molecule has 92 valence electrons. The molecule has 0 spiro atoms. The highest BCUT2D eigenvalue weighted by atomic mass is 79.9. The molecular formula is C14H10Br2O2. The second kappa shape index (κ2) is 5.59. The third kappa shape index (κ3) is 3.15. The Hall–Kier alpha value is -1.26. The van der Waals surface area contributed by atoms with Gasteiger partial charge in [0.05, 0.1) is 0 Å². The Morgan fingerprint density at radius 1 is 0.722 bits per heavy atom. The van der Waals surface area contributed by atoms with Crippen molar-refractivity contribution in [1.82, 2.24) is 0 Å². The van der Waals surface area contributed by atoms with Crippen LogP contribution in [0.15, 0.2) is 45.3 Å². The monoisotopic (exact) mass is 368 g/mol. The van der Waals surface area contributed by atoms with Crippen molar-refractivity contribution in [2.45, 2.75) is 0 Å². The molecule has 2 aromatic rings. The van der Waals surface area contributed by atoms with E-state index in [1.807, 2.05) is 0 Å². The number of phenolic OH excluding ortho intramolecular Hbond substituents is 2. The third-order valence-corrected chi connectivity index (χ3v) is 3.41. The van der Waals surface area contributed by atoms with Crippen LogP contribution in [0.25, 0.3) is 12.2 Å². The van der Waals surface area contributed by atoms with E-state index in [9.17, 15) is 10.2 Å². The van der Waals surface area contributed by atoms with Crippen LogP contribution in [0.4, 0.5) is 0 Å². The van der Waals surface area contributed by atoms with Gasteiger partial charge in [-0.2, -0.15) is 0 Å². The highest BCUT2D eigenvalue weighted by Crippen LogP contribution is 2.27. The van der Waals surface area contributed by atoms with Crippen LogP contribution >= 0.6 is 31.9 Å². The summed E-state index contributed by atoms with van der Waals surface area (Å²) in [5, 5.41) is 19.4. The predicted octanol–water partition coefficient (Wildman–Crippen LogP) is 4.79. The number of halogens is 2. The molecule has 2 rings (SSSR count). The van der Waals surface area contributed by atoms with Gasteiger partial charge in [0.25, 0.3) is 0 Å². The Morgan fingerprint density at radius 3 is 1.50 bits per heavy atom. The van der Waals surface area contributed by atoms with Gasteiger partial charge in [-0.05, 0) is 36.4 Å². The number of hydrogen-bond acceptors (Lipinski definition) is 2. The fraction of sp³-hybridized carbons (Fsp3) is 0. The van der Waals surface area contributed by atoms with Gasteiger partial charge in [0, 0.05) is 20.1 Å². The van der Waals surface area contributed by atoms with E-state index in [1.165, 1.54) is 0 Å². The van der Waals surface area contributed by atoms with Gasteiger partial charge in [0.1, 0.15) is 11.5 Å². The SMILES string of the molecule is Oc1ccc(Br)cc1C=Cc1cc(Br)ccc1O. The lowest BCUT2D eigenvalue weighted by Gasteiger charge is -2.02. The summed E-state index contributed by atoms with van der Waals surface area (Å²) in [6, 6.07) is 10.4. The number of hydrogen-bond donors (Lipinski definition) is 2. The molecule has 0 unspecified atom stereocenters. The normalized spacial score (nSPS) is 11.0. The molecule has 0 radical (unpaired) electrons. The third-order valence-electron chi connectivity index (χ3n) is 2.42. The summed E-state index contributed by atoms with van der Waals surface area (Å²) in [4.78, 5) is 0. The van der Waals surface area contributed by atoms with Crippen LogP contribution in [0.3, 0.4) is 0 Å². The Bertz CT molecular complexity index is 553. The maximum atomic E-state index is 9.69. The molecule has 0 aromatic heterocycles. The maximum absolute atomic E-state index is 9.69. The molecule has 0 bridgehead atoms. The number of phenols is 2. The molecule has 0 amide bonds. The second-order valence-corrected chi connectivity index (χ2v) is 5.57. The first-order valence-corrected chi connectivity index (χ1v) is 6.80. The van der Waals surface area contributed by atoms with E-state index in [1.54, 1.807) is 48.6 Å². The van der Waals surface area contributed by atoms with Crippen molar-refractivity contribution in [2.75, 3.05) is 0 Å². The van der Waals surface area contributed by atoms with E-state index in [0.717, 1.165) is 8.95 Å². The minimum absolute atomic E-state index is 0.198. The van der Waals surface area contributed by atoms with E-state index in [0.29, 0.717) is 11.1 Å². The van der Waals surface area contributed by atoms with Crippen molar-refractivity contribution in [2.24, 2.45) is 0 Å². The molecular weight excluding hydrogens is 360 g/mol. The van der Waals surface area contributed by atoms with Crippen molar-refractivity contribution in [3.8, 4) is 11.5 Å². The van der Waals surface area contributed by atoms with Gasteiger partial charge in [-0.1, -0.05) is 44.0 Å². The van der Waals surface area contributed by atoms with Crippen LogP contribution < -0.4 is 0 Å². The Labute approximate surface area is 122 Å². The Balaban J connectivity index is 2.35. The zero-order chi connectivity index (χ0) is 13.1. The molecule has 0 saturated heterocycles. The molecule has 0 saturated carbocycles. The Kier molecular flexibility index (Phi) is 4.09. The molecule has 0 heterocycles. The fourth-order valence-electron chi connectivity index (χ4n) is 1.50. The summed E-state index contributed by atoms with van der Waals surface area (Å²) in [5.41, 5.74) is 1.37. The zero-order valence-corrected chi connectivity index (χ0v) is 12.4. The van der Waals surface area contributed by atoms with E-state index >= 15 is 0 Å². The van der Waals surface area contributed by atoms with Crippen molar-refractivity contribution in [1.29, 1.82) is 0 Å². The lowest BCUT2D eigenvalue weighted by molar-refractivity contribution is 0.473. The van der Waals surface area contributed by atoms with Crippen LogP contribution in [-0.2, 0) is 0 Å². The standard InChI is InChI=1S/C14H10Br2O2/c15-11-3-5-13(17)9(7-11)1-2-10-8-12(16)4-6-14(10)18/h1-8,17-18H. The number of benzene rings is 2. The largest absolute Gasteiger partial charge is 0.507 e. The first kappa shape index (κ1) is 13.2. The van der Waals surface area contributed by atoms with Gasteiger partial charge in [0.15, 0.2) is 0 Å². The quantitative estimate of drug-likeness (QED) is 0.747. The fourth-order valence-corrected chi connectivity index (χ4v) is 2.25. The number of rotatable bonds is 2. The summed E-state index contributed by atoms with van der Waals surface area (Å²) in [7, 11) is 0. The average molecular weight is 370 g/mol. The van der Waals surface area contributed by atoms with Crippen molar-refractivity contribution >= 4 is 44.0 Å². The molecule has 18 heavy (non-hydrogen) atoms. The second-order valence-electron chi connectivity index (χ2n) is 3.74. The van der Waals surface area contributed by atoms with Crippen LogP contribution in [-0.4, -0.2) is 10.2 Å². The molecule has 2 N–H and O–H groups in total.